The van der Waals surface area contributed by atoms with E-state index in [1.165, 1.54) is 11.8 Å². The summed E-state index contributed by atoms with van der Waals surface area (Å²) >= 11 is 1.23. The lowest BCUT2D eigenvalue weighted by molar-refractivity contribution is -0.165. The van der Waals surface area contributed by atoms with Gasteiger partial charge in [0.1, 0.15) is 0 Å². The molecule has 0 spiro atoms. The van der Waals surface area contributed by atoms with Crippen LogP contribution in [0.2, 0.25) is 0 Å². The van der Waals surface area contributed by atoms with Crippen LogP contribution >= 0.6 is 11.8 Å². The third kappa shape index (κ3) is 7.37. The lowest BCUT2D eigenvalue weighted by Crippen LogP contribution is -2.20. The highest BCUT2D eigenvalue weighted by molar-refractivity contribution is 8.03. The Kier molecular flexibility index (Phi) is 7.57. The third-order valence-electron chi connectivity index (χ3n) is 2.84. The molecule has 1 aromatic rings. The van der Waals surface area contributed by atoms with Gasteiger partial charge in [-0.1, -0.05) is 56.1 Å². The molecule has 5 heteroatoms. The Morgan fingerprint density at radius 3 is 2.38 bits per heavy atom. The molecule has 0 aliphatic heterocycles. The summed E-state index contributed by atoms with van der Waals surface area (Å²) in [5.41, 5.74) is 0. The zero-order valence-corrected chi connectivity index (χ0v) is 12.8. The van der Waals surface area contributed by atoms with Crippen molar-refractivity contribution in [2.75, 3.05) is 0 Å². The predicted molar refractivity (Wildman–Crippen MR) is 80.2 cm³/mol. The van der Waals surface area contributed by atoms with E-state index >= 15 is 0 Å². The van der Waals surface area contributed by atoms with Gasteiger partial charge in [0.25, 0.3) is 5.78 Å². The molecule has 21 heavy (non-hydrogen) atoms. The molecule has 116 valence electrons. The van der Waals surface area contributed by atoms with E-state index in [2.05, 4.69) is 6.92 Å². The minimum absolute atomic E-state index is 0.472. The SMILES string of the molecule is CCCCCC/C(=C\C(=O)C(F)(F)F)Sc1ccccc1. The first-order chi connectivity index (χ1) is 9.93. The standard InChI is InChI=1S/C16H19F3OS/c1-2-3-4-6-11-14(12-15(20)16(17,18)19)21-13-9-7-5-8-10-13/h5,7-10,12H,2-4,6,11H2,1H3/b14-12+. The molecule has 0 aliphatic carbocycles. The lowest BCUT2D eigenvalue weighted by Gasteiger charge is -2.08. The van der Waals surface area contributed by atoms with Crippen LogP contribution in [0.4, 0.5) is 13.2 Å². The number of allylic oxidation sites excluding steroid dienone is 2. The molecule has 0 atom stereocenters. The summed E-state index contributed by atoms with van der Waals surface area (Å²) in [5, 5.41) is 0. The van der Waals surface area contributed by atoms with Crippen LogP contribution in [0.3, 0.4) is 0 Å². The highest BCUT2D eigenvalue weighted by atomic mass is 32.2. The Labute approximate surface area is 127 Å². The second-order valence-electron chi connectivity index (χ2n) is 4.70. The summed E-state index contributed by atoms with van der Waals surface area (Å²) in [6.07, 6.45) is 0.313. The number of unbranched alkanes of at least 4 members (excludes halogenated alkanes) is 3. The molecule has 0 saturated heterocycles. The van der Waals surface area contributed by atoms with Gasteiger partial charge in [0, 0.05) is 11.0 Å². The second kappa shape index (κ2) is 8.93. The smallest absolute Gasteiger partial charge is 0.285 e. The molecule has 1 nitrogen and oxygen atoms in total. The number of thioether (sulfide) groups is 1. The molecule has 1 rings (SSSR count). The molecule has 0 aliphatic rings. The quantitative estimate of drug-likeness (QED) is 0.344. The third-order valence-corrected chi connectivity index (χ3v) is 3.93. The van der Waals surface area contributed by atoms with Gasteiger partial charge in [0.15, 0.2) is 0 Å². The molecule has 0 aromatic heterocycles. The molecule has 0 saturated carbocycles. The minimum Gasteiger partial charge on any atom is -0.285 e. The monoisotopic (exact) mass is 316 g/mol. The van der Waals surface area contributed by atoms with E-state index in [1.807, 2.05) is 30.3 Å². The van der Waals surface area contributed by atoms with Gasteiger partial charge in [-0.05, 0) is 29.9 Å². The fraction of sp³-hybridized carbons (Fsp3) is 0.438. The van der Waals surface area contributed by atoms with Crippen molar-refractivity contribution in [3.63, 3.8) is 0 Å². The Balaban J connectivity index is 2.74. The van der Waals surface area contributed by atoms with Crippen LogP contribution in [-0.4, -0.2) is 12.0 Å². The van der Waals surface area contributed by atoms with Crippen molar-refractivity contribution in [3.8, 4) is 0 Å². The van der Waals surface area contributed by atoms with Crippen molar-refractivity contribution >= 4 is 17.5 Å². The number of hydrogen-bond acceptors (Lipinski definition) is 2. The van der Waals surface area contributed by atoms with E-state index in [4.69, 9.17) is 0 Å². The van der Waals surface area contributed by atoms with Crippen molar-refractivity contribution < 1.29 is 18.0 Å². The van der Waals surface area contributed by atoms with Gasteiger partial charge in [-0.25, -0.2) is 0 Å². The number of rotatable bonds is 8. The van der Waals surface area contributed by atoms with Crippen LogP contribution in [0, 0.1) is 0 Å². The number of ketones is 1. The Hall–Kier alpha value is -1.23. The zero-order valence-electron chi connectivity index (χ0n) is 12.0. The Bertz CT molecular complexity index is 466. The first-order valence-corrected chi connectivity index (χ1v) is 7.79. The number of carbonyl (C=O) groups excluding carboxylic acids is 1. The van der Waals surface area contributed by atoms with Crippen LogP contribution in [0.1, 0.15) is 39.0 Å². The summed E-state index contributed by atoms with van der Waals surface area (Å²) in [7, 11) is 0. The Morgan fingerprint density at radius 1 is 1.14 bits per heavy atom. The van der Waals surface area contributed by atoms with E-state index in [0.29, 0.717) is 11.3 Å². The molecule has 0 heterocycles. The van der Waals surface area contributed by atoms with Crippen molar-refractivity contribution in [2.24, 2.45) is 0 Å². The van der Waals surface area contributed by atoms with Crippen molar-refractivity contribution in [3.05, 3.63) is 41.3 Å². The van der Waals surface area contributed by atoms with E-state index in [9.17, 15) is 18.0 Å². The van der Waals surface area contributed by atoms with Gasteiger partial charge in [-0.2, -0.15) is 13.2 Å². The van der Waals surface area contributed by atoms with Crippen LogP contribution in [0.25, 0.3) is 0 Å². The highest BCUT2D eigenvalue weighted by Gasteiger charge is 2.36. The fourth-order valence-electron chi connectivity index (χ4n) is 1.75. The summed E-state index contributed by atoms with van der Waals surface area (Å²) in [6.45, 7) is 2.07. The molecule has 0 fully saturated rings. The van der Waals surface area contributed by atoms with E-state index < -0.39 is 12.0 Å². The summed E-state index contributed by atoms with van der Waals surface area (Å²) in [5.74, 6) is -1.78. The molecular weight excluding hydrogens is 297 g/mol. The first kappa shape index (κ1) is 17.8. The topological polar surface area (TPSA) is 17.1 Å². The number of hydrogen-bond donors (Lipinski definition) is 0. The van der Waals surface area contributed by atoms with Gasteiger partial charge < -0.3 is 0 Å². The number of carbonyl (C=O) groups is 1. The summed E-state index contributed by atoms with van der Waals surface area (Å²) in [4.78, 5) is 12.5. The average Bonchev–Trinajstić information content (AvgIpc) is 2.43. The molecule has 0 N–H and O–H groups in total. The number of halogens is 3. The van der Waals surface area contributed by atoms with Gasteiger partial charge in [-0.15, -0.1) is 0 Å². The Morgan fingerprint density at radius 2 is 1.81 bits per heavy atom. The lowest BCUT2D eigenvalue weighted by atomic mass is 10.1. The van der Waals surface area contributed by atoms with Gasteiger partial charge in [0.05, 0.1) is 0 Å². The first-order valence-electron chi connectivity index (χ1n) is 6.98. The fourth-order valence-corrected chi connectivity index (χ4v) is 2.75. The van der Waals surface area contributed by atoms with Gasteiger partial charge >= 0.3 is 6.18 Å². The maximum Gasteiger partial charge on any atom is 0.454 e. The molecule has 0 amide bonds. The van der Waals surface area contributed by atoms with E-state index in [0.717, 1.165) is 36.7 Å². The second-order valence-corrected chi connectivity index (χ2v) is 5.90. The maximum absolute atomic E-state index is 12.4. The van der Waals surface area contributed by atoms with Crippen LogP contribution in [0.15, 0.2) is 46.2 Å². The van der Waals surface area contributed by atoms with E-state index in [-0.39, 0.29) is 0 Å². The average molecular weight is 316 g/mol. The number of benzene rings is 1. The molecule has 0 bridgehead atoms. The molecule has 0 radical (unpaired) electrons. The molecular formula is C16H19F3OS. The van der Waals surface area contributed by atoms with Gasteiger partial charge in [-0.3, -0.25) is 4.79 Å². The van der Waals surface area contributed by atoms with Crippen molar-refractivity contribution in [2.45, 2.75) is 50.1 Å². The minimum atomic E-state index is -4.80. The molecule has 0 unspecified atom stereocenters. The van der Waals surface area contributed by atoms with Crippen molar-refractivity contribution in [1.29, 1.82) is 0 Å². The number of alkyl halides is 3. The molecule has 1 aromatic carbocycles. The zero-order chi connectivity index (χ0) is 15.7. The maximum atomic E-state index is 12.4. The van der Waals surface area contributed by atoms with E-state index in [1.54, 1.807) is 0 Å². The largest absolute Gasteiger partial charge is 0.454 e. The summed E-state index contributed by atoms with van der Waals surface area (Å²) < 4.78 is 37.2. The highest BCUT2D eigenvalue weighted by Crippen LogP contribution is 2.31. The van der Waals surface area contributed by atoms with Crippen LogP contribution in [0.5, 0.6) is 0 Å². The normalized spacial score (nSPS) is 12.5. The van der Waals surface area contributed by atoms with Crippen LogP contribution < -0.4 is 0 Å². The van der Waals surface area contributed by atoms with Crippen molar-refractivity contribution in [1.82, 2.24) is 0 Å². The van der Waals surface area contributed by atoms with Gasteiger partial charge in [0.2, 0.25) is 0 Å². The summed E-state index contributed by atoms with van der Waals surface area (Å²) in [6, 6.07) is 9.13. The predicted octanol–water partition coefficient (Wildman–Crippen LogP) is 5.76. The van der Waals surface area contributed by atoms with Crippen LogP contribution in [-0.2, 0) is 4.79 Å².